The van der Waals surface area contributed by atoms with E-state index in [1.54, 1.807) is 7.11 Å². The van der Waals surface area contributed by atoms with E-state index in [9.17, 15) is 4.79 Å². The van der Waals surface area contributed by atoms with Gasteiger partial charge in [-0.3, -0.25) is 4.79 Å². The fourth-order valence-corrected chi connectivity index (χ4v) is 1.54. The Morgan fingerprint density at radius 2 is 2.17 bits per heavy atom. The predicted molar refractivity (Wildman–Crippen MR) is 43.6 cm³/mol. The van der Waals surface area contributed by atoms with Crippen molar-refractivity contribution in [2.75, 3.05) is 20.2 Å². The summed E-state index contributed by atoms with van der Waals surface area (Å²) in [7, 11) is 1.65. The zero-order valence-corrected chi connectivity index (χ0v) is 7.32. The molecule has 4 nitrogen and oxygen atoms in total. The molecule has 0 amide bonds. The van der Waals surface area contributed by atoms with Crippen LogP contribution in [-0.4, -0.2) is 36.3 Å². The molecule has 0 bridgehead atoms. The molecule has 0 aromatic heterocycles. The third-order valence-electron chi connectivity index (χ3n) is 2.29. The van der Waals surface area contributed by atoms with Crippen LogP contribution in [0.3, 0.4) is 0 Å². The summed E-state index contributed by atoms with van der Waals surface area (Å²) in [6.07, 6.45) is 2.16. The van der Waals surface area contributed by atoms with Gasteiger partial charge in [-0.05, 0) is 18.8 Å². The first-order valence-electron chi connectivity index (χ1n) is 4.23. The number of hydroxylamine groups is 2. The standard InChI is InChI=1S/C8H15NO3/c1-12-9-4-2-7(3-5-9)6-8(10)11/h7H,2-6H2,1H3,(H,10,11). The highest BCUT2D eigenvalue weighted by atomic mass is 16.7. The van der Waals surface area contributed by atoms with Gasteiger partial charge in [0.05, 0.1) is 7.11 Å². The normalized spacial score (nSPS) is 21.1. The molecule has 1 rings (SSSR count). The van der Waals surface area contributed by atoms with E-state index < -0.39 is 5.97 Å². The van der Waals surface area contributed by atoms with Crippen molar-refractivity contribution in [2.24, 2.45) is 5.92 Å². The summed E-state index contributed by atoms with van der Waals surface area (Å²) >= 11 is 0. The maximum atomic E-state index is 10.4. The van der Waals surface area contributed by atoms with Gasteiger partial charge in [-0.2, -0.15) is 5.06 Å². The molecule has 0 aromatic rings. The van der Waals surface area contributed by atoms with Gasteiger partial charge in [-0.15, -0.1) is 0 Å². The van der Waals surface area contributed by atoms with E-state index >= 15 is 0 Å². The summed E-state index contributed by atoms with van der Waals surface area (Å²) in [5.41, 5.74) is 0. The molecule has 0 radical (unpaired) electrons. The first-order valence-corrected chi connectivity index (χ1v) is 4.23. The second-order valence-electron chi connectivity index (χ2n) is 3.15. The Morgan fingerprint density at radius 1 is 1.58 bits per heavy atom. The number of carbonyl (C=O) groups is 1. The number of carboxylic acids is 1. The molecule has 0 atom stereocenters. The molecular weight excluding hydrogens is 158 g/mol. The van der Waals surface area contributed by atoms with Gasteiger partial charge in [0, 0.05) is 19.5 Å². The minimum atomic E-state index is -0.689. The Balaban J connectivity index is 2.21. The lowest BCUT2D eigenvalue weighted by Gasteiger charge is -2.28. The van der Waals surface area contributed by atoms with E-state index in [-0.39, 0.29) is 0 Å². The summed E-state index contributed by atoms with van der Waals surface area (Å²) < 4.78 is 0. The van der Waals surface area contributed by atoms with Gasteiger partial charge >= 0.3 is 5.97 Å². The van der Waals surface area contributed by atoms with Gasteiger partial charge in [0.15, 0.2) is 0 Å². The van der Waals surface area contributed by atoms with Crippen molar-refractivity contribution in [2.45, 2.75) is 19.3 Å². The fraction of sp³-hybridized carbons (Fsp3) is 0.875. The third-order valence-corrected chi connectivity index (χ3v) is 2.29. The maximum Gasteiger partial charge on any atom is 0.303 e. The van der Waals surface area contributed by atoms with Crippen LogP contribution in [-0.2, 0) is 9.63 Å². The van der Waals surface area contributed by atoms with Crippen molar-refractivity contribution in [1.29, 1.82) is 0 Å². The molecule has 1 aliphatic heterocycles. The molecule has 0 unspecified atom stereocenters. The smallest absolute Gasteiger partial charge is 0.303 e. The fourth-order valence-electron chi connectivity index (χ4n) is 1.54. The molecule has 1 N–H and O–H groups in total. The van der Waals surface area contributed by atoms with Crippen LogP contribution < -0.4 is 0 Å². The molecule has 0 saturated carbocycles. The number of hydrogen-bond donors (Lipinski definition) is 1. The number of hydrogen-bond acceptors (Lipinski definition) is 3. The lowest BCUT2D eigenvalue weighted by atomic mass is 9.95. The molecule has 70 valence electrons. The van der Waals surface area contributed by atoms with Crippen LogP contribution in [0.5, 0.6) is 0 Å². The van der Waals surface area contributed by atoms with Crippen LogP contribution >= 0.6 is 0 Å². The van der Waals surface area contributed by atoms with Crippen LogP contribution in [0, 0.1) is 5.92 Å². The molecular formula is C8H15NO3. The third kappa shape index (κ3) is 2.79. The Hall–Kier alpha value is -0.610. The lowest BCUT2D eigenvalue weighted by molar-refractivity contribution is -0.153. The molecule has 0 aromatic carbocycles. The summed E-state index contributed by atoms with van der Waals surface area (Å²) in [6.45, 7) is 1.71. The summed E-state index contributed by atoms with van der Waals surface area (Å²) in [5.74, 6) is -0.347. The monoisotopic (exact) mass is 173 g/mol. The van der Waals surface area contributed by atoms with Crippen LogP contribution in [0.15, 0.2) is 0 Å². The minimum Gasteiger partial charge on any atom is -0.481 e. The molecule has 1 fully saturated rings. The molecule has 12 heavy (non-hydrogen) atoms. The van der Waals surface area contributed by atoms with E-state index in [1.807, 2.05) is 5.06 Å². The van der Waals surface area contributed by atoms with Gasteiger partial charge in [0.2, 0.25) is 0 Å². The quantitative estimate of drug-likeness (QED) is 0.683. The van der Waals surface area contributed by atoms with E-state index in [1.165, 1.54) is 0 Å². The molecule has 1 heterocycles. The average molecular weight is 173 g/mol. The predicted octanol–water partition coefficient (Wildman–Crippen LogP) is 0.734. The number of nitrogens with zero attached hydrogens (tertiary/aromatic N) is 1. The van der Waals surface area contributed by atoms with Crippen LogP contribution in [0.1, 0.15) is 19.3 Å². The summed E-state index contributed by atoms with van der Waals surface area (Å²) in [6, 6.07) is 0. The Labute approximate surface area is 72.1 Å². The van der Waals surface area contributed by atoms with Gasteiger partial charge in [0.1, 0.15) is 0 Å². The average Bonchev–Trinajstić information content (AvgIpc) is 2.05. The first-order chi connectivity index (χ1) is 5.72. The lowest BCUT2D eigenvalue weighted by Crippen LogP contribution is -2.33. The van der Waals surface area contributed by atoms with Gasteiger partial charge < -0.3 is 9.94 Å². The van der Waals surface area contributed by atoms with E-state index in [4.69, 9.17) is 9.94 Å². The Morgan fingerprint density at radius 3 is 2.58 bits per heavy atom. The van der Waals surface area contributed by atoms with Gasteiger partial charge in [-0.25, -0.2) is 0 Å². The van der Waals surface area contributed by atoms with Crippen molar-refractivity contribution in [1.82, 2.24) is 5.06 Å². The SMILES string of the molecule is CON1CCC(CC(=O)O)CC1. The molecule has 0 aliphatic carbocycles. The van der Waals surface area contributed by atoms with Crippen LogP contribution in [0.2, 0.25) is 0 Å². The Bertz CT molecular complexity index is 152. The van der Waals surface area contributed by atoms with Crippen LogP contribution in [0.25, 0.3) is 0 Å². The van der Waals surface area contributed by atoms with Crippen molar-refractivity contribution in [3.05, 3.63) is 0 Å². The van der Waals surface area contributed by atoms with E-state index in [0.29, 0.717) is 12.3 Å². The summed E-state index contributed by atoms with van der Waals surface area (Å²) in [5, 5.41) is 10.4. The highest BCUT2D eigenvalue weighted by Gasteiger charge is 2.20. The Kier molecular flexibility index (Phi) is 3.49. The molecule has 1 aliphatic rings. The maximum absolute atomic E-state index is 10.4. The van der Waals surface area contributed by atoms with Crippen LogP contribution in [0.4, 0.5) is 0 Å². The van der Waals surface area contributed by atoms with Crippen molar-refractivity contribution in [3.63, 3.8) is 0 Å². The zero-order chi connectivity index (χ0) is 8.97. The largest absolute Gasteiger partial charge is 0.481 e. The second-order valence-corrected chi connectivity index (χ2v) is 3.15. The second kappa shape index (κ2) is 4.42. The summed E-state index contributed by atoms with van der Waals surface area (Å²) in [4.78, 5) is 15.4. The molecule has 1 saturated heterocycles. The molecule has 4 heteroatoms. The topological polar surface area (TPSA) is 49.8 Å². The van der Waals surface area contributed by atoms with E-state index in [0.717, 1.165) is 25.9 Å². The van der Waals surface area contributed by atoms with Crippen molar-refractivity contribution >= 4 is 5.97 Å². The highest BCUT2D eigenvalue weighted by molar-refractivity contribution is 5.67. The minimum absolute atomic E-state index is 0.303. The highest BCUT2D eigenvalue weighted by Crippen LogP contribution is 2.19. The van der Waals surface area contributed by atoms with Gasteiger partial charge in [0.25, 0.3) is 0 Å². The number of piperidine rings is 1. The van der Waals surface area contributed by atoms with Crippen molar-refractivity contribution in [3.8, 4) is 0 Å². The van der Waals surface area contributed by atoms with Gasteiger partial charge in [-0.1, -0.05) is 0 Å². The number of rotatable bonds is 3. The van der Waals surface area contributed by atoms with E-state index in [2.05, 4.69) is 0 Å². The number of carboxylic acid groups (broad SMARTS) is 1. The van der Waals surface area contributed by atoms with Crippen molar-refractivity contribution < 1.29 is 14.7 Å². The molecule has 0 spiro atoms. The number of aliphatic carboxylic acids is 1. The zero-order valence-electron chi connectivity index (χ0n) is 7.32. The first kappa shape index (κ1) is 9.48.